The Morgan fingerprint density at radius 2 is 2.08 bits per heavy atom. The molecule has 202 valence electrons. The third-order valence-corrected chi connectivity index (χ3v) is 9.48. The van der Waals surface area contributed by atoms with Crippen LogP contribution in [-0.2, 0) is 25.6 Å². The Balaban J connectivity index is 1.33. The van der Waals surface area contributed by atoms with Gasteiger partial charge in [0, 0.05) is 17.9 Å². The summed E-state index contributed by atoms with van der Waals surface area (Å²) in [5.74, 6) is -0.307. The lowest BCUT2D eigenvalue weighted by molar-refractivity contribution is -0.140. The Kier molecular flexibility index (Phi) is 8.27. The normalized spacial score (nSPS) is 25.3. The van der Waals surface area contributed by atoms with E-state index < -0.39 is 0 Å². The van der Waals surface area contributed by atoms with Crippen molar-refractivity contribution < 1.29 is 28.9 Å². The first-order chi connectivity index (χ1) is 18.3. The number of nitrogens with zero attached hydrogens (tertiary/aromatic N) is 1. The zero-order valence-electron chi connectivity index (χ0n) is 21.7. The van der Waals surface area contributed by atoms with Crippen LogP contribution in [0.4, 0.5) is 0 Å². The fourth-order valence-corrected chi connectivity index (χ4v) is 7.43. The van der Waals surface area contributed by atoms with E-state index in [1.54, 1.807) is 25.6 Å². The van der Waals surface area contributed by atoms with Gasteiger partial charge in [0.25, 0.3) is 0 Å². The topological polar surface area (TPSA) is 85.3 Å². The third kappa shape index (κ3) is 5.17. The van der Waals surface area contributed by atoms with Crippen LogP contribution in [0.2, 0.25) is 0 Å². The highest BCUT2D eigenvalue weighted by Gasteiger charge is 2.56. The van der Waals surface area contributed by atoms with Crippen LogP contribution in [0, 0.1) is 21.3 Å². The standard InChI is InChI=1S/C29H32INO6S/c1-16(9-17-10-22(30)27(32)24(11-17)36-3)6-7-23-25-18(14-35-2)12-20-26(21(25)15-37-23)29(34)31(28(20)33)13-19-5-4-8-38-19/h4-5,8-11,20-21,23,26,32H,6-7,12-15H2,1-3H3/b16-9+/t20-,21+,23-,26-/m1/s1. The van der Waals surface area contributed by atoms with Crippen molar-refractivity contribution in [3.63, 3.8) is 0 Å². The number of rotatable bonds is 9. The van der Waals surface area contributed by atoms with E-state index in [0.717, 1.165) is 32.4 Å². The van der Waals surface area contributed by atoms with Gasteiger partial charge in [-0.1, -0.05) is 17.7 Å². The molecule has 7 nitrogen and oxygen atoms in total. The molecule has 1 aromatic heterocycles. The SMILES string of the molecule is COCC1=C2[C@@H](CC/C(C)=C/c3cc(I)c(O)c(OC)c3)OC[C@@H]2[C@@H]2C(=O)N(Cc3cccs3)C(=O)[C@@H]2C1. The Bertz CT molecular complexity index is 1290. The van der Waals surface area contributed by atoms with Gasteiger partial charge in [0.15, 0.2) is 11.5 Å². The van der Waals surface area contributed by atoms with Crippen LogP contribution in [0.3, 0.4) is 0 Å². The fourth-order valence-electron chi connectivity index (χ4n) is 6.11. The average Bonchev–Trinajstić information content (AvgIpc) is 3.62. The molecule has 2 saturated heterocycles. The molecule has 0 radical (unpaired) electrons. The van der Waals surface area contributed by atoms with Crippen molar-refractivity contribution in [1.82, 2.24) is 4.90 Å². The second-order valence-corrected chi connectivity index (χ2v) is 12.4. The molecule has 1 N–H and O–H groups in total. The predicted octanol–water partition coefficient (Wildman–Crippen LogP) is 5.41. The largest absolute Gasteiger partial charge is 0.504 e. The van der Waals surface area contributed by atoms with E-state index in [0.29, 0.717) is 31.9 Å². The van der Waals surface area contributed by atoms with Crippen molar-refractivity contribution in [2.24, 2.45) is 17.8 Å². The third-order valence-electron chi connectivity index (χ3n) is 7.80. The number of phenols is 1. The van der Waals surface area contributed by atoms with Gasteiger partial charge in [0.1, 0.15) is 0 Å². The van der Waals surface area contributed by atoms with E-state index in [2.05, 4.69) is 35.6 Å². The van der Waals surface area contributed by atoms with E-state index in [4.69, 9.17) is 14.2 Å². The highest BCUT2D eigenvalue weighted by Crippen LogP contribution is 2.50. The molecule has 0 unspecified atom stereocenters. The van der Waals surface area contributed by atoms with E-state index in [9.17, 15) is 14.7 Å². The molecular weight excluding hydrogens is 617 g/mol. The molecule has 5 rings (SSSR count). The lowest BCUT2D eigenvalue weighted by Crippen LogP contribution is -2.35. The quantitative estimate of drug-likeness (QED) is 0.222. The maximum atomic E-state index is 13.5. The van der Waals surface area contributed by atoms with Crippen LogP contribution in [0.5, 0.6) is 11.5 Å². The number of amides is 2. The Labute approximate surface area is 240 Å². The first-order valence-electron chi connectivity index (χ1n) is 12.8. The number of aromatic hydroxyl groups is 1. The molecule has 0 spiro atoms. The number of carbonyl (C=O) groups is 2. The Morgan fingerprint density at radius 1 is 1.26 bits per heavy atom. The highest BCUT2D eigenvalue weighted by atomic mass is 127. The van der Waals surface area contributed by atoms with Gasteiger partial charge in [-0.25, -0.2) is 0 Å². The number of likely N-dealkylation sites (tertiary alicyclic amines) is 1. The molecule has 2 fully saturated rings. The summed E-state index contributed by atoms with van der Waals surface area (Å²) in [6, 6.07) is 7.66. The molecule has 0 saturated carbocycles. The maximum absolute atomic E-state index is 13.5. The number of carbonyl (C=O) groups excluding carboxylic acids is 2. The van der Waals surface area contributed by atoms with Gasteiger partial charge in [-0.05, 0) is 89.1 Å². The van der Waals surface area contributed by atoms with Crippen molar-refractivity contribution in [2.45, 2.75) is 38.8 Å². The summed E-state index contributed by atoms with van der Waals surface area (Å²) in [6.07, 6.45) is 4.15. The Morgan fingerprint density at radius 3 is 2.79 bits per heavy atom. The zero-order chi connectivity index (χ0) is 27.0. The molecule has 9 heteroatoms. The number of methoxy groups -OCH3 is 2. The van der Waals surface area contributed by atoms with E-state index in [1.807, 2.05) is 29.6 Å². The van der Waals surface area contributed by atoms with Gasteiger partial charge in [-0.3, -0.25) is 14.5 Å². The molecule has 3 heterocycles. The molecule has 4 atom stereocenters. The van der Waals surface area contributed by atoms with Crippen LogP contribution in [-0.4, -0.2) is 55.4 Å². The minimum Gasteiger partial charge on any atom is -0.504 e. The number of hydrogen-bond donors (Lipinski definition) is 1. The first kappa shape index (κ1) is 27.4. The second-order valence-electron chi connectivity index (χ2n) is 10.2. The smallest absolute Gasteiger partial charge is 0.234 e. The number of phenolic OH excluding ortho intramolecular Hbond substituents is 1. The van der Waals surface area contributed by atoms with E-state index in [1.165, 1.54) is 16.0 Å². The summed E-state index contributed by atoms with van der Waals surface area (Å²) in [7, 11) is 3.22. The van der Waals surface area contributed by atoms with Gasteiger partial charge < -0.3 is 19.3 Å². The van der Waals surface area contributed by atoms with Crippen molar-refractivity contribution in [2.75, 3.05) is 27.4 Å². The number of allylic oxidation sites excluding steroid dienone is 1. The maximum Gasteiger partial charge on any atom is 0.234 e. The molecule has 3 aliphatic rings. The van der Waals surface area contributed by atoms with Crippen LogP contribution >= 0.6 is 33.9 Å². The zero-order valence-corrected chi connectivity index (χ0v) is 24.7. The number of thiophene rings is 1. The number of benzene rings is 1. The summed E-state index contributed by atoms with van der Waals surface area (Å²) >= 11 is 3.66. The van der Waals surface area contributed by atoms with Crippen LogP contribution in [0.15, 0.2) is 46.4 Å². The average molecular weight is 650 g/mol. The summed E-state index contributed by atoms with van der Waals surface area (Å²) < 4.78 is 17.9. The molecular formula is C29H32INO6S. The van der Waals surface area contributed by atoms with Gasteiger partial charge in [-0.15, -0.1) is 11.3 Å². The predicted molar refractivity (Wildman–Crippen MR) is 154 cm³/mol. The van der Waals surface area contributed by atoms with Gasteiger partial charge in [0.05, 0.1) is 48.4 Å². The molecule has 38 heavy (non-hydrogen) atoms. The Hall–Kier alpha value is -2.21. The first-order valence-corrected chi connectivity index (χ1v) is 14.7. The summed E-state index contributed by atoms with van der Waals surface area (Å²) in [5.41, 5.74) is 4.42. The van der Waals surface area contributed by atoms with Crippen molar-refractivity contribution in [1.29, 1.82) is 0 Å². The van der Waals surface area contributed by atoms with E-state index >= 15 is 0 Å². The number of halogens is 1. The minimum atomic E-state index is -0.355. The highest BCUT2D eigenvalue weighted by molar-refractivity contribution is 14.1. The molecule has 2 aromatic rings. The van der Waals surface area contributed by atoms with E-state index in [-0.39, 0.29) is 41.4 Å². The lowest BCUT2D eigenvalue weighted by atomic mass is 9.69. The van der Waals surface area contributed by atoms with Crippen molar-refractivity contribution >= 4 is 51.8 Å². The summed E-state index contributed by atoms with van der Waals surface area (Å²) in [5, 5.41) is 12.1. The number of ether oxygens (including phenoxy) is 3. The van der Waals surface area contributed by atoms with Crippen LogP contribution < -0.4 is 4.74 Å². The van der Waals surface area contributed by atoms with Crippen molar-refractivity contribution in [3.05, 3.63) is 60.4 Å². The minimum absolute atomic E-state index is 0.0661. The fraction of sp³-hybridized carbons (Fsp3) is 0.448. The van der Waals surface area contributed by atoms with Crippen LogP contribution in [0.1, 0.15) is 36.6 Å². The van der Waals surface area contributed by atoms with Crippen LogP contribution in [0.25, 0.3) is 6.08 Å². The number of fused-ring (bicyclic) bond motifs is 3. The lowest BCUT2D eigenvalue weighted by Gasteiger charge is -2.31. The molecule has 0 bridgehead atoms. The molecule has 2 amide bonds. The monoisotopic (exact) mass is 649 g/mol. The number of imide groups is 1. The molecule has 1 aromatic carbocycles. The second kappa shape index (κ2) is 11.5. The summed E-state index contributed by atoms with van der Waals surface area (Å²) in [4.78, 5) is 29.3. The molecule has 2 aliphatic heterocycles. The summed E-state index contributed by atoms with van der Waals surface area (Å²) in [6.45, 7) is 3.33. The van der Waals surface area contributed by atoms with Crippen molar-refractivity contribution in [3.8, 4) is 11.5 Å². The van der Waals surface area contributed by atoms with Gasteiger partial charge >= 0.3 is 0 Å². The van der Waals surface area contributed by atoms with Gasteiger partial charge in [0.2, 0.25) is 11.8 Å². The molecule has 1 aliphatic carbocycles. The number of hydrogen-bond acceptors (Lipinski definition) is 7. The van der Waals surface area contributed by atoms with Gasteiger partial charge in [-0.2, -0.15) is 0 Å².